The molecule has 0 aliphatic rings. The van der Waals surface area contributed by atoms with Gasteiger partial charge in [-0.2, -0.15) is 5.10 Å². The minimum Gasteiger partial charge on any atom is -0.272 e. The third-order valence-electron chi connectivity index (χ3n) is 3.10. The number of benzene rings is 2. The number of hydrogen-bond acceptors (Lipinski definition) is 2. The van der Waals surface area contributed by atoms with Crippen LogP contribution in [0.5, 0.6) is 0 Å². The van der Waals surface area contributed by atoms with Crippen LogP contribution in [0.4, 0.5) is 0 Å². The van der Waals surface area contributed by atoms with E-state index in [2.05, 4.69) is 63.4 Å². The molecule has 1 N–H and O–H groups in total. The molecule has 5 heteroatoms. The number of hydrogen-bond donors (Lipinski definition) is 1. The number of aryl methyl sites for hydroxylation is 1. The smallest absolute Gasteiger partial charge is 0.199 e. The molecule has 0 amide bonds. The Balaban J connectivity index is 2.23. The highest BCUT2D eigenvalue weighted by Crippen LogP contribution is 2.23. The summed E-state index contributed by atoms with van der Waals surface area (Å²) in [5.41, 5.74) is 1.05. The second-order valence-electron chi connectivity index (χ2n) is 4.31. The zero-order chi connectivity index (χ0) is 13.4. The monoisotopic (exact) mass is 333 g/mol. The first-order valence-corrected chi connectivity index (χ1v) is 7.25. The van der Waals surface area contributed by atoms with Crippen molar-refractivity contribution < 1.29 is 0 Å². The molecule has 0 fully saturated rings. The first kappa shape index (κ1) is 12.6. The largest absolute Gasteiger partial charge is 0.272 e. The molecule has 1 heterocycles. The molecule has 2 aromatic carbocycles. The topological polar surface area (TPSA) is 33.6 Å². The average Bonchev–Trinajstić information content (AvgIpc) is 2.79. The normalized spacial score (nSPS) is 11.1. The van der Waals surface area contributed by atoms with E-state index < -0.39 is 0 Å². The van der Waals surface area contributed by atoms with Crippen molar-refractivity contribution in [1.29, 1.82) is 0 Å². The molecule has 96 valence electrons. The summed E-state index contributed by atoms with van der Waals surface area (Å²) in [5, 5.41) is 9.48. The lowest BCUT2D eigenvalue weighted by Crippen LogP contribution is -2.00. The van der Waals surface area contributed by atoms with Gasteiger partial charge in [-0.25, -0.2) is 0 Å². The minimum absolute atomic E-state index is 0.633. The number of aromatic nitrogens is 3. The van der Waals surface area contributed by atoms with Crippen LogP contribution in [-0.4, -0.2) is 14.8 Å². The summed E-state index contributed by atoms with van der Waals surface area (Å²) in [5.74, 6) is 0.946. The van der Waals surface area contributed by atoms with Crippen LogP contribution in [0.1, 0.15) is 12.7 Å². The lowest BCUT2D eigenvalue weighted by atomic mass is 10.1. The molecular weight excluding hydrogens is 322 g/mol. The Bertz CT molecular complexity index is 804. The summed E-state index contributed by atoms with van der Waals surface area (Å²) in [4.78, 5) is 0. The highest BCUT2D eigenvalue weighted by atomic mass is 79.9. The molecule has 0 aliphatic carbocycles. The number of halogens is 1. The molecule has 0 spiro atoms. The first-order chi connectivity index (χ1) is 9.19. The number of nitrogens with one attached hydrogen (secondary N) is 1. The van der Waals surface area contributed by atoms with Gasteiger partial charge >= 0.3 is 0 Å². The lowest BCUT2D eigenvalue weighted by Gasteiger charge is -2.07. The van der Waals surface area contributed by atoms with Crippen LogP contribution < -0.4 is 0 Å². The van der Waals surface area contributed by atoms with E-state index in [1.54, 1.807) is 0 Å². The minimum atomic E-state index is 0.633. The van der Waals surface area contributed by atoms with E-state index in [9.17, 15) is 0 Å². The highest BCUT2D eigenvalue weighted by Gasteiger charge is 2.07. The van der Waals surface area contributed by atoms with Crippen molar-refractivity contribution in [3.63, 3.8) is 0 Å². The van der Waals surface area contributed by atoms with Crippen molar-refractivity contribution in [1.82, 2.24) is 14.8 Å². The number of nitrogens with zero attached hydrogens (tertiary/aromatic N) is 2. The Hall–Kier alpha value is -1.46. The third kappa shape index (κ3) is 2.24. The SMILES string of the molecule is CCc1n[nH]c(=S)n1-c1ccc2cc(Br)ccc2c1. The van der Waals surface area contributed by atoms with Gasteiger partial charge in [-0.1, -0.05) is 35.0 Å². The van der Waals surface area contributed by atoms with Crippen molar-refractivity contribution in [3.8, 4) is 5.69 Å². The maximum atomic E-state index is 5.30. The van der Waals surface area contributed by atoms with Gasteiger partial charge in [0.2, 0.25) is 0 Å². The third-order valence-corrected chi connectivity index (χ3v) is 3.87. The standard InChI is InChI=1S/C14H12BrN3S/c1-2-13-16-17-14(19)18(13)12-6-4-9-7-11(15)5-3-10(9)8-12/h3-8H,2H2,1H3,(H,17,19). The number of aromatic amines is 1. The fourth-order valence-electron chi connectivity index (χ4n) is 2.18. The Morgan fingerprint density at radius 3 is 2.74 bits per heavy atom. The molecule has 0 atom stereocenters. The first-order valence-electron chi connectivity index (χ1n) is 6.05. The van der Waals surface area contributed by atoms with E-state index in [-0.39, 0.29) is 0 Å². The van der Waals surface area contributed by atoms with Gasteiger partial charge in [0.25, 0.3) is 0 Å². The fourth-order valence-corrected chi connectivity index (χ4v) is 2.81. The van der Waals surface area contributed by atoms with Gasteiger partial charge in [0.1, 0.15) is 5.82 Å². The molecule has 3 aromatic rings. The van der Waals surface area contributed by atoms with Gasteiger partial charge in [0.05, 0.1) is 5.69 Å². The van der Waals surface area contributed by atoms with Crippen LogP contribution in [0.25, 0.3) is 16.5 Å². The quantitative estimate of drug-likeness (QED) is 0.705. The fraction of sp³-hybridized carbons (Fsp3) is 0.143. The van der Waals surface area contributed by atoms with Gasteiger partial charge in [0, 0.05) is 10.9 Å². The Labute approximate surface area is 124 Å². The van der Waals surface area contributed by atoms with Crippen molar-refractivity contribution in [2.75, 3.05) is 0 Å². The summed E-state index contributed by atoms with van der Waals surface area (Å²) >= 11 is 8.79. The van der Waals surface area contributed by atoms with Crippen molar-refractivity contribution in [3.05, 3.63) is 51.5 Å². The van der Waals surface area contributed by atoms with E-state index in [0.717, 1.165) is 22.4 Å². The van der Waals surface area contributed by atoms with Gasteiger partial charge in [-0.3, -0.25) is 9.67 Å². The van der Waals surface area contributed by atoms with E-state index in [1.807, 2.05) is 10.6 Å². The molecule has 19 heavy (non-hydrogen) atoms. The molecule has 0 aliphatic heterocycles. The second-order valence-corrected chi connectivity index (χ2v) is 5.61. The van der Waals surface area contributed by atoms with E-state index >= 15 is 0 Å². The average molecular weight is 334 g/mol. The van der Waals surface area contributed by atoms with Crippen LogP contribution in [0.2, 0.25) is 0 Å². The predicted molar refractivity (Wildman–Crippen MR) is 83.3 cm³/mol. The molecule has 3 nitrogen and oxygen atoms in total. The molecular formula is C14H12BrN3S. The summed E-state index contributed by atoms with van der Waals surface area (Å²) in [6, 6.07) is 12.5. The van der Waals surface area contributed by atoms with E-state index in [0.29, 0.717) is 4.77 Å². The van der Waals surface area contributed by atoms with Gasteiger partial charge < -0.3 is 0 Å². The number of rotatable bonds is 2. The second kappa shape index (κ2) is 4.90. The zero-order valence-electron chi connectivity index (χ0n) is 10.4. The van der Waals surface area contributed by atoms with Gasteiger partial charge in [-0.15, -0.1) is 0 Å². The van der Waals surface area contributed by atoms with Crippen LogP contribution in [0.15, 0.2) is 40.9 Å². The summed E-state index contributed by atoms with van der Waals surface area (Å²) in [7, 11) is 0. The Morgan fingerprint density at radius 1 is 1.21 bits per heavy atom. The Morgan fingerprint density at radius 2 is 1.95 bits per heavy atom. The van der Waals surface area contributed by atoms with Gasteiger partial charge in [0.15, 0.2) is 4.77 Å². The molecule has 1 aromatic heterocycles. The van der Waals surface area contributed by atoms with Crippen molar-refractivity contribution in [2.24, 2.45) is 0 Å². The molecule has 0 saturated carbocycles. The zero-order valence-corrected chi connectivity index (χ0v) is 12.8. The van der Waals surface area contributed by atoms with Crippen molar-refractivity contribution in [2.45, 2.75) is 13.3 Å². The van der Waals surface area contributed by atoms with Gasteiger partial charge in [-0.05, 0) is 47.3 Å². The summed E-state index contributed by atoms with van der Waals surface area (Å²) in [6.07, 6.45) is 0.839. The lowest BCUT2D eigenvalue weighted by molar-refractivity contribution is 0.881. The van der Waals surface area contributed by atoms with E-state index in [1.165, 1.54) is 10.8 Å². The molecule has 0 unspecified atom stereocenters. The molecule has 0 bridgehead atoms. The van der Waals surface area contributed by atoms with Crippen LogP contribution in [-0.2, 0) is 6.42 Å². The van der Waals surface area contributed by atoms with Crippen molar-refractivity contribution >= 4 is 38.9 Å². The Kier molecular flexibility index (Phi) is 3.24. The van der Waals surface area contributed by atoms with E-state index in [4.69, 9.17) is 12.2 Å². The molecule has 0 radical (unpaired) electrons. The summed E-state index contributed by atoms with van der Waals surface area (Å²) < 4.78 is 3.70. The highest BCUT2D eigenvalue weighted by molar-refractivity contribution is 9.10. The van der Waals surface area contributed by atoms with Crippen LogP contribution >= 0.6 is 28.1 Å². The molecule has 3 rings (SSSR count). The maximum absolute atomic E-state index is 5.30. The molecule has 0 saturated heterocycles. The maximum Gasteiger partial charge on any atom is 0.199 e. The summed E-state index contributed by atoms with van der Waals surface area (Å²) in [6.45, 7) is 2.07. The predicted octanol–water partition coefficient (Wildman–Crippen LogP) is 4.41. The number of fused-ring (bicyclic) bond motifs is 1. The van der Waals surface area contributed by atoms with Crippen LogP contribution in [0.3, 0.4) is 0 Å². The number of H-pyrrole nitrogens is 1. The van der Waals surface area contributed by atoms with Crippen LogP contribution in [0, 0.1) is 4.77 Å².